The van der Waals surface area contributed by atoms with Crippen LogP contribution in [0.2, 0.25) is 0 Å². The number of benzene rings is 1. The molecule has 0 atom stereocenters. The van der Waals surface area contributed by atoms with Gasteiger partial charge in [0.1, 0.15) is 11.6 Å². The highest BCUT2D eigenvalue weighted by atomic mass is 32.1. The second-order valence-electron chi connectivity index (χ2n) is 4.26. The number of aromatic nitrogens is 3. The van der Waals surface area contributed by atoms with E-state index in [2.05, 4.69) is 10.1 Å². The van der Waals surface area contributed by atoms with Crippen LogP contribution < -0.4 is 5.56 Å². The van der Waals surface area contributed by atoms with Gasteiger partial charge in [-0.25, -0.2) is 18.6 Å². The maximum Gasteiger partial charge on any atom is 0.355 e. The van der Waals surface area contributed by atoms with Gasteiger partial charge in [0.25, 0.3) is 5.56 Å². The molecule has 6 nitrogen and oxygen atoms in total. The Labute approximate surface area is 125 Å². The zero-order valence-corrected chi connectivity index (χ0v) is 11.5. The largest absolute Gasteiger partial charge is 0.476 e. The lowest BCUT2D eigenvalue weighted by Crippen LogP contribution is -2.13. The van der Waals surface area contributed by atoms with E-state index in [0.29, 0.717) is 0 Å². The standard InChI is InChI=1S/C13H7F2N3O3S/c14-6-2-1-3-7(15)11(6)8-4-10(19)18(17-8)13-16-9(5-22-13)12(20)21/h1-5,17H,(H,20,21). The highest BCUT2D eigenvalue weighted by molar-refractivity contribution is 7.12. The molecular weight excluding hydrogens is 316 g/mol. The van der Waals surface area contributed by atoms with Crippen molar-refractivity contribution in [2.24, 2.45) is 0 Å². The molecule has 0 spiro atoms. The molecule has 0 amide bonds. The number of aromatic amines is 1. The molecule has 2 N–H and O–H groups in total. The van der Waals surface area contributed by atoms with Gasteiger partial charge < -0.3 is 5.11 Å². The van der Waals surface area contributed by atoms with Crippen LogP contribution in [-0.4, -0.2) is 25.8 Å². The van der Waals surface area contributed by atoms with Gasteiger partial charge in [-0.15, -0.1) is 11.3 Å². The number of hydrogen-bond donors (Lipinski definition) is 2. The molecule has 0 unspecified atom stereocenters. The third-order valence-corrected chi connectivity index (χ3v) is 3.68. The number of rotatable bonds is 3. The summed E-state index contributed by atoms with van der Waals surface area (Å²) >= 11 is 0.914. The number of halogens is 2. The minimum atomic E-state index is -1.23. The predicted octanol–water partition coefficient (Wildman–Crippen LogP) is 2.27. The second-order valence-corrected chi connectivity index (χ2v) is 5.10. The Morgan fingerprint density at radius 2 is 2.00 bits per heavy atom. The van der Waals surface area contributed by atoms with Crippen molar-refractivity contribution in [3.05, 3.63) is 57.3 Å². The molecule has 0 bridgehead atoms. The first-order chi connectivity index (χ1) is 10.5. The fourth-order valence-electron chi connectivity index (χ4n) is 1.89. The number of carboxylic acids is 1. The zero-order chi connectivity index (χ0) is 15.9. The van der Waals surface area contributed by atoms with Gasteiger partial charge in [-0.05, 0) is 12.1 Å². The Morgan fingerprint density at radius 3 is 2.59 bits per heavy atom. The molecular formula is C13H7F2N3O3S. The summed E-state index contributed by atoms with van der Waals surface area (Å²) in [4.78, 5) is 26.5. The predicted molar refractivity (Wildman–Crippen MR) is 74.4 cm³/mol. The van der Waals surface area contributed by atoms with Crippen molar-refractivity contribution in [1.82, 2.24) is 14.8 Å². The molecule has 112 valence electrons. The zero-order valence-electron chi connectivity index (χ0n) is 10.7. The number of carboxylic acid groups (broad SMARTS) is 1. The highest BCUT2D eigenvalue weighted by Crippen LogP contribution is 2.24. The summed E-state index contributed by atoms with van der Waals surface area (Å²) in [7, 11) is 0. The SMILES string of the molecule is O=C(O)c1csc(-n2[nH]c(-c3c(F)cccc3F)cc2=O)n1. The second kappa shape index (κ2) is 5.19. The Bertz CT molecular complexity index is 909. The fraction of sp³-hybridized carbons (Fsp3) is 0. The summed E-state index contributed by atoms with van der Waals surface area (Å²) in [5.41, 5.74) is -1.26. The average Bonchev–Trinajstić information content (AvgIpc) is 3.05. The summed E-state index contributed by atoms with van der Waals surface area (Å²) in [5, 5.41) is 12.7. The van der Waals surface area contributed by atoms with Crippen molar-refractivity contribution in [1.29, 1.82) is 0 Å². The lowest BCUT2D eigenvalue weighted by Gasteiger charge is -2.02. The summed E-state index contributed by atoms with van der Waals surface area (Å²) in [6.45, 7) is 0. The van der Waals surface area contributed by atoms with E-state index >= 15 is 0 Å². The molecule has 1 aromatic carbocycles. The van der Waals surface area contributed by atoms with Crippen LogP contribution in [0.1, 0.15) is 10.5 Å². The molecule has 0 radical (unpaired) electrons. The van der Waals surface area contributed by atoms with E-state index in [9.17, 15) is 18.4 Å². The topological polar surface area (TPSA) is 88.0 Å². The molecule has 3 aromatic rings. The van der Waals surface area contributed by atoms with Gasteiger partial charge in [0.05, 0.1) is 11.3 Å². The van der Waals surface area contributed by atoms with Crippen molar-refractivity contribution in [3.8, 4) is 16.4 Å². The Morgan fingerprint density at radius 1 is 1.32 bits per heavy atom. The van der Waals surface area contributed by atoms with Gasteiger partial charge in [0, 0.05) is 11.4 Å². The van der Waals surface area contributed by atoms with Gasteiger partial charge in [0.2, 0.25) is 5.13 Å². The molecule has 0 saturated carbocycles. The summed E-state index contributed by atoms with van der Waals surface area (Å²) in [6.07, 6.45) is 0. The van der Waals surface area contributed by atoms with Crippen molar-refractivity contribution < 1.29 is 18.7 Å². The smallest absolute Gasteiger partial charge is 0.355 e. The van der Waals surface area contributed by atoms with Crippen LogP contribution in [0.3, 0.4) is 0 Å². The third kappa shape index (κ3) is 2.31. The fourth-order valence-corrected chi connectivity index (χ4v) is 2.65. The quantitative estimate of drug-likeness (QED) is 0.774. The summed E-state index contributed by atoms with van der Waals surface area (Å²) < 4.78 is 28.4. The molecule has 9 heteroatoms. The van der Waals surface area contributed by atoms with Gasteiger partial charge >= 0.3 is 5.97 Å². The minimum Gasteiger partial charge on any atom is -0.476 e. The Kier molecular flexibility index (Phi) is 3.33. The van der Waals surface area contributed by atoms with Crippen LogP contribution in [-0.2, 0) is 0 Å². The van der Waals surface area contributed by atoms with Crippen LogP contribution in [0.5, 0.6) is 0 Å². The maximum atomic E-state index is 13.7. The van der Waals surface area contributed by atoms with E-state index in [1.807, 2.05) is 0 Å². The first kappa shape index (κ1) is 14.1. The van der Waals surface area contributed by atoms with Gasteiger partial charge in [0.15, 0.2) is 5.69 Å². The van der Waals surface area contributed by atoms with Crippen molar-refractivity contribution >= 4 is 17.3 Å². The molecule has 2 aromatic heterocycles. The lowest BCUT2D eigenvalue weighted by atomic mass is 10.1. The van der Waals surface area contributed by atoms with Crippen molar-refractivity contribution in [2.75, 3.05) is 0 Å². The summed E-state index contributed by atoms with van der Waals surface area (Å²) in [5.74, 6) is -2.87. The number of nitrogens with zero attached hydrogens (tertiary/aromatic N) is 2. The third-order valence-electron chi connectivity index (χ3n) is 2.86. The molecule has 0 saturated heterocycles. The van der Waals surface area contributed by atoms with E-state index in [-0.39, 0.29) is 22.1 Å². The molecule has 0 aliphatic rings. The van der Waals surface area contributed by atoms with E-state index < -0.39 is 23.2 Å². The van der Waals surface area contributed by atoms with Crippen molar-refractivity contribution in [3.63, 3.8) is 0 Å². The molecule has 0 aliphatic heterocycles. The van der Waals surface area contributed by atoms with Crippen LogP contribution in [0.25, 0.3) is 16.4 Å². The molecule has 0 fully saturated rings. The van der Waals surface area contributed by atoms with Crippen LogP contribution in [0.4, 0.5) is 8.78 Å². The van der Waals surface area contributed by atoms with E-state index in [1.165, 1.54) is 11.4 Å². The first-order valence-corrected chi connectivity index (χ1v) is 6.81. The normalized spacial score (nSPS) is 10.8. The molecule has 3 rings (SSSR count). The average molecular weight is 323 g/mol. The number of hydrogen-bond acceptors (Lipinski definition) is 4. The van der Waals surface area contributed by atoms with E-state index in [0.717, 1.165) is 34.2 Å². The van der Waals surface area contributed by atoms with E-state index in [4.69, 9.17) is 5.11 Å². The van der Waals surface area contributed by atoms with Crippen LogP contribution in [0, 0.1) is 11.6 Å². The van der Waals surface area contributed by atoms with Crippen LogP contribution >= 0.6 is 11.3 Å². The Hall–Kier alpha value is -2.81. The summed E-state index contributed by atoms with van der Waals surface area (Å²) in [6, 6.07) is 4.37. The van der Waals surface area contributed by atoms with E-state index in [1.54, 1.807) is 0 Å². The molecule has 2 heterocycles. The number of carbonyl (C=O) groups is 1. The Balaban J connectivity index is 2.11. The monoisotopic (exact) mass is 323 g/mol. The highest BCUT2D eigenvalue weighted by Gasteiger charge is 2.17. The lowest BCUT2D eigenvalue weighted by molar-refractivity contribution is 0.0691. The maximum absolute atomic E-state index is 13.7. The molecule has 22 heavy (non-hydrogen) atoms. The van der Waals surface area contributed by atoms with Gasteiger partial charge in [-0.1, -0.05) is 6.07 Å². The van der Waals surface area contributed by atoms with Gasteiger partial charge in [-0.3, -0.25) is 9.89 Å². The van der Waals surface area contributed by atoms with Gasteiger partial charge in [-0.2, -0.15) is 4.68 Å². The molecule has 0 aliphatic carbocycles. The number of thiazole rings is 1. The number of aromatic carboxylic acids is 1. The number of H-pyrrole nitrogens is 1. The number of nitrogens with one attached hydrogen (secondary N) is 1. The van der Waals surface area contributed by atoms with Crippen LogP contribution in [0.15, 0.2) is 34.4 Å². The minimum absolute atomic E-state index is 0.0606. The first-order valence-electron chi connectivity index (χ1n) is 5.93. The van der Waals surface area contributed by atoms with Crippen molar-refractivity contribution in [2.45, 2.75) is 0 Å².